The van der Waals surface area contributed by atoms with E-state index in [4.69, 9.17) is 5.73 Å². The summed E-state index contributed by atoms with van der Waals surface area (Å²) >= 11 is 7.06. The largest absolute Gasteiger partial charge is 0.327 e. The van der Waals surface area contributed by atoms with Crippen LogP contribution in [0.4, 0.5) is 0 Å². The average Bonchev–Trinajstić information content (AvgIpc) is 2.37. The van der Waals surface area contributed by atoms with Crippen molar-refractivity contribution in [1.29, 1.82) is 0 Å². The Bertz CT molecular complexity index is 237. The first-order chi connectivity index (χ1) is 5.74. The standard InChI is InChI=1S/C8H12BrNS2/c1-11-5-6(10)4-8-7(9)2-3-12-8/h2-3,6H,4-5,10H2,1H3. The molecule has 1 rings (SSSR count). The molecule has 0 aliphatic rings. The highest BCUT2D eigenvalue weighted by molar-refractivity contribution is 9.10. The van der Waals surface area contributed by atoms with Gasteiger partial charge in [0.15, 0.2) is 0 Å². The van der Waals surface area contributed by atoms with E-state index in [1.165, 1.54) is 9.35 Å². The van der Waals surface area contributed by atoms with Crippen LogP contribution in [0, 0.1) is 0 Å². The van der Waals surface area contributed by atoms with Crippen molar-refractivity contribution >= 4 is 39.0 Å². The molecule has 0 aliphatic heterocycles. The van der Waals surface area contributed by atoms with E-state index in [-0.39, 0.29) is 6.04 Å². The van der Waals surface area contributed by atoms with Crippen molar-refractivity contribution in [2.24, 2.45) is 5.73 Å². The van der Waals surface area contributed by atoms with E-state index < -0.39 is 0 Å². The lowest BCUT2D eigenvalue weighted by molar-refractivity contribution is 0.756. The third-order valence-corrected chi connectivity index (χ3v) is 4.23. The van der Waals surface area contributed by atoms with Crippen molar-refractivity contribution in [3.05, 3.63) is 20.8 Å². The average molecular weight is 266 g/mol. The van der Waals surface area contributed by atoms with E-state index in [9.17, 15) is 0 Å². The van der Waals surface area contributed by atoms with Gasteiger partial charge in [-0.3, -0.25) is 0 Å². The highest BCUT2D eigenvalue weighted by atomic mass is 79.9. The van der Waals surface area contributed by atoms with Gasteiger partial charge in [0.2, 0.25) is 0 Å². The zero-order valence-electron chi connectivity index (χ0n) is 6.92. The molecular weight excluding hydrogens is 254 g/mol. The number of nitrogens with two attached hydrogens (primary N) is 1. The molecule has 1 atom stereocenters. The smallest absolute Gasteiger partial charge is 0.0314 e. The second-order valence-corrected chi connectivity index (χ2v) is 5.38. The summed E-state index contributed by atoms with van der Waals surface area (Å²) in [6.45, 7) is 0. The van der Waals surface area contributed by atoms with E-state index in [0.29, 0.717) is 0 Å². The zero-order chi connectivity index (χ0) is 8.97. The number of rotatable bonds is 4. The molecule has 1 aromatic heterocycles. The van der Waals surface area contributed by atoms with Crippen molar-refractivity contribution in [2.75, 3.05) is 12.0 Å². The minimum Gasteiger partial charge on any atom is -0.327 e. The van der Waals surface area contributed by atoms with Crippen LogP contribution >= 0.6 is 39.0 Å². The Hall–Kier alpha value is 0.490. The van der Waals surface area contributed by atoms with Gasteiger partial charge in [-0.1, -0.05) is 0 Å². The fraction of sp³-hybridized carbons (Fsp3) is 0.500. The topological polar surface area (TPSA) is 26.0 Å². The van der Waals surface area contributed by atoms with E-state index in [0.717, 1.165) is 12.2 Å². The molecule has 0 saturated carbocycles. The zero-order valence-corrected chi connectivity index (χ0v) is 10.1. The first-order valence-electron chi connectivity index (χ1n) is 3.70. The molecule has 0 bridgehead atoms. The van der Waals surface area contributed by atoms with Crippen molar-refractivity contribution in [2.45, 2.75) is 12.5 Å². The van der Waals surface area contributed by atoms with Crippen molar-refractivity contribution in [3.8, 4) is 0 Å². The van der Waals surface area contributed by atoms with Gasteiger partial charge in [-0.2, -0.15) is 11.8 Å². The number of hydrogen-bond donors (Lipinski definition) is 1. The van der Waals surface area contributed by atoms with Crippen LogP contribution in [0.15, 0.2) is 15.9 Å². The van der Waals surface area contributed by atoms with Crippen molar-refractivity contribution < 1.29 is 0 Å². The van der Waals surface area contributed by atoms with Gasteiger partial charge < -0.3 is 5.73 Å². The molecule has 0 fully saturated rings. The monoisotopic (exact) mass is 265 g/mol. The summed E-state index contributed by atoms with van der Waals surface area (Å²) in [5, 5.41) is 2.09. The summed E-state index contributed by atoms with van der Waals surface area (Å²) in [6, 6.07) is 2.36. The fourth-order valence-corrected chi connectivity index (χ4v) is 3.14. The lowest BCUT2D eigenvalue weighted by Crippen LogP contribution is -2.25. The third-order valence-electron chi connectivity index (χ3n) is 1.52. The SMILES string of the molecule is CSCC(N)Cc1sccc1Br. The number of hydrogen-bond acceptors (Lipinski definition) is 3. The molecular formula is C8H12BrNS2. The fourth-order valence-electron chi connectivity index (χ4n) is 0.982. The molecule has 1 unspecified atom stereocenters. The molecule has 0 saturated heterocycles. The number of halogens is 1. The van der Waals surface area contributed by atoms with E-state index in [2.05, 4.69) is 33.6 Å². The molecule has 12 heavy (non-hydrogen) atoms. The Morgan fingerprint density at radius 1 is 1.75 bits per heavy atom. The van der Waals surface area contributed by atoms with Crippen LogP contribution in [-0.2, 0) is 6.42 Å². The number of thiophene rings is 1. The Labute approximate surface area is 89.9 Å². The predicted octanol–water partition coefficient (Wildman–Crippen LogP) is 2.74. The quantitative estimate of drug-likeness (QED) is 0.906. The Kier molecular flexibility index (Phi) is 4.64. The molecule has 0 radical (unpaired) electrons. The van der Waals surface area contributed by atoms with E-state index in [1.54, 1.807) is 23.1 Å². The molecule has 1 nitrogen and oxygen atoms in total. The van der Waals surface area contributed by atoms with Gasteiger partial charge in [0.05, 0.1) is 0 Å². The Balaban J connectivity index is 2.46. The van der Waals surface area contributed by atoms with Gasteiger partial charge in [0.25, 0.3) is 0 Å². The summed E-state index contributed by atoms with van der Waals surface area (Å²) in [5.74, 6) is 1.03. The summed E-state index contributed by atoms with van der Waals surface area (Å²) in [6.07, 6.45) is 3.07. The Morgan fingerprint density at radius 2 is 2.50 bits per heavy atom. The van der Waals surface area contributed by atoms with Crippen LogP contribution in [0.5, 0.6) is 0 Å². The molecule has 1 aromatic rings. The van der Waals surface area contributed by atoms with Crippen LogP contribution in [0.2, 0.25) is 0 Å². The molecule has 0 amide bonds. The highest BCUT2D eigenvalue weighted by Gasteiger charge is 2.06. The van der Waals surface area contributed by atoms with Crippen LogP contribution in [0.1, 0.15) is 4.88 Å². The van der Waals surface area contributed by atoms with Crippen molar-refractivity contribution in [1.82, 2.24) is 0 Å². The van der Waals surface area contributed by atoms with Crippen LogP contribution < -0.4 is 5.73 Å². The maximum atomic E-state index is 5.91. The maximum absolute atomic E-state index is 5.91. The van der Waals surface area contributed by atoms with Gasteiger partial charge in [0, 0.05) is 21.1 Å². The molecule has 0 aliphatic carbocycles. The lowest BCUT2D eigenvalue weighted by atomic mass is 10.2. The van der Waals surface area contributed by atoms with Crippen LogP contribution in [-0.4, -0.2) is 18.1 Å². The second-order valence-electron chi connectivity index (χ2n) is 2.61. The predicted molar refractivity (Wildman–Crippen MR) is 62.1 cm³/mol. The first kappa shape index (κ1) is 10.6. The van der Waals surface area contributed by atoms with E-state index >= 15 is 0 Å². The molecule has 0 aromatic carbocycles. The summed E-state index contributed by atoms with van der Waals surface area (Å²) in [5.41, 5.74) is 5.91. The number of thioether (sulfide) groups is 1. The van der Waals surface area contributed by atoms with Crippen LogP contribution in [0.25, 0.3) is 0 Å². The molecule has 0 spiro atoms. The normalized spacial score (nSPS) is 13.2. The summed E-state index contributed by atoms with van der Waals surface area (Å²) in [7, 11) is 0. The summed E-state index contributed by atoms with van der Waals surface area (Å²) in [4.78, 5) is 1.36. The van der Waals surface area contributed by atoms with Gasteiger partial charge >= 0.3 is 0 Å². The van der Waals surface area contributed by atoms with Gasteiger partial charge in [-0.15, -0.1) is 11.3 Å². The second kappa shape index (κ2) is 5.27. The third kappa shape index (κ3) is 3.09. The molecule has 68 valence electrons. The minimum atomic E-state index is 0.287. The van der Waals surface area contributed by atoms with Crippen molar-refractivity contribution in [3.63, 3.8) is 0 Å². The van der Waals surface area contributed by atoms with Gasteiger partial charge in [-0.05, 0) is 40.1 Å². The Morgan fingerprint density at radius 3 is 3.00 bits per heavy atom. The van der Waals surface area contributed by atoms with Crippen LogP contribution in [0.3, 0.4) is 0 Å². The minimum absolute atomic E-state index is 0.287. The van der Waals surface area contributed by atoms with Gasteiger partial charge in [-0.25, -0.2) is 0 Å². The summed E-state index contributed by atoms with van der Waals surface area (Å²) < 4.78 is 1.20. The maximum Gasteiger partial charge on any atom is 0.0314 e. The van der Waals surface area contributed by atoms with E-state index in [1.807, 2.05) is 0 Å². The highest BCUT2D eigenvalue weighted by Crippen LogP contribution is 2.23. The molecule has 2 N–H and O–H groups in total. The van der Waals surface area contributed by atoms with Gasteiger partial charge in [0.1, 0.15) is 0 Å². The first-order valence-corrected chi connectivity index (χ1v) is 6.77. The molecule has 4 heteroatoms. The molecule has 1 heterocycles. The lowest BCUT2D eigenvalue weighted by Gasteiger charge is -2.07.